The number of esters is 1. The highest BCUT2D eigenvalue weighted by Crippen LogP contribution is 2.28. The normalized spacial score (nSPS) is 10.8. The third-order valence-corrected chi connectivity index (χ3v) is 4.93. The Bertz CT molecular complexity index is 1440. The molecule has 35 heavy (non-hydrogen) atoms. The van der Waals surface area contributed by atoms with Crippen LogP contribution in [0.5, 0.6) is 0 Å². The van der Waals surface area contributed by atoms with Crippen molar-refractivity contribution in [2.24, 2.45) is 0 Å². The lowest BCUT2D eigenvalue weighted by atomic mass is 10.1. The molecule has 4 aromatic rings. The molecule has 0 aliphatic rings. The Morgan fingerprint density at radius 2 is 1.71 bits per heavy atom. The number of para-hydroxylation sites is 1. The van der Waals surface area contributed by atoms with E-state index in [1.54, 1.807) is 19.1 Å². The van der Waals surface area contributed by atoms with Crippen LogP contribution in [0.4, 0.5) is 23.2 Å². The molecule has 1 aromatic heterocycles. The molecule has 0 aliphatic heterocycles. The highest BCUT2D eigenvalue weighted by Gasteiger charge is 2.21. The molecule has 6 nitrogen and oxygen atoms in total. The first-order chi connectivity index (χ1) is 16.8. The number of rotatable bonds is 6. The lowest BCUT2D eigenvalue weighted by Crippen LogP contribution is -2.15. The summed E-state index contributed by atoms with van der Waals surface area (Å²) in [7, 11) is 0. The number of hydrogen-bond donors (Lipinski definition) is 1. The maximum atomic E-state index is 14.5. The average molecular weight is 483 g/mol. The Labute approximate surface area is 196 Å². The number of aromatic nitrogens is 2. The molecule has 178 valence electrons. The number of halogens is 4. The molecule has 4 rings (SSSR count). The fourth-order valence-corrected chi connectivity index (χ4v) is 3.37. The quantitative estimate of drug-likeness (QED) is 0.223. The van der Waals surface area contributed by atoms with Crippen LogP contribution in [0, 0.1) is 23.3 Å². The van der Waals surface area contributed by atoms with Crippen molar-refractivity contribution < 1.29 is 31.9 Å². The van der Waals surface area contributed by atoms with Gasteiger partial charge in [-0.2, -0.15) is 5.10 Å². The van der Waals surface area contributed by atoms with Crippen molar-refractivity contribution in [3.63, 3.8) is 0 Å². The molecule has 3 aromatic carbocycles. The zero-order chi connectivity index (χ0) is 25.1. The monoisotopic (exact) mass is 483 g/mol. The van der Waals surface area contributed by atoms with Crippen molar-refractivity contribution in [1.29, 1.82) is 0 Å². The van der Waals surface area contributed by atoms with E-state index in [9.17, 15) is 27.2 Å². The molecular formula is C25H17F4N3O3. The van der Waals surface area contributed by atoms with Crippen LogP contribution in [0.2, 0.25) is 0 Å². The van der Waals surface area contributed by atoms with Crippen LogP contribution < -0.4 is 5.32 Å². The van der Waals surface area contributed by atoms with Crippen LogP contribution in [0.1, 0.15) is 27.8 Å². The third-order valence-electron chi connectivity index (χ3n) is 4.93. The lowest BCUT2D eigenvalue weighted by Gasteiger charge is -2.11. The van der Waals surface area contributed by atoms with Gasteiger partial charge in [-0.25, -0.2) is 27.0 Å². The van der Waals surface area contributed by atoms with Gasteiger partial charge in [0.15, 0.2) is 17.3 Å². The largest absolute Gasteiger partial charge is 0.461 e. The van der Waals surface area contributed by atoms with Crippen LogP contribution in [0.3, 0.4) is 0 Å². The van der Waals surface area contributed by atoms with E-state index in [2.05, 4.69) is 10.4 Å². The molecule has 0 aliphatic carbocycles. The maximum Gasteiger partial charge on any atom is 0.358 e. The van der Waals surface area contributed by atoms with Crippen LogP contribution >= 0.6 is 0 Å². The Balaban J connectivity index is 1.74. The molecule has 1 N–H and O–H groups in total. The van der Waals surface area contributed by atoms with Gasteiger partial charge in [0.05, 0.1) is 17.9 Å². The maximum absolute atomic E-state index is 14.5. The first-order valence-corrected chi connectivity index (χ1v) is 10.4. The summed E-state index contributed by atoms with van der Waals surface area (Å²) in [6.07, 6.45) is 0. The Morgan fingerprint density at radius 3 is 2.46 bits per heavy atom. The standard InChI is InChI=1S/C25H17F4N3O3/c1-2-35-25(34)20-13-22(32(31-20)21-9-4-3-8-18(21)27)14-6-5-7-16(10-14)30-24(33)17-11-15(26)12-19(28)23(17)29/h3-13H,2H2,1H3,(H,30,33). The summed E-state index contributed by atoms with van der Waals surface area (Å²) in [6.45, 7) is 1.74. The van der Waals surface area contributed by atoms with Gasteiger partial charge in [0.25, 0.3) is 5.91 Å². The Morgan fingerprint density at radius 1 is 0.943 bits per heavy atom. The van der Waals surface area contributed by atoms with E-state index in [1.807, 2.05) is 0 Å². The molecule has 0 unspecified atom stereocenters. The van der Waals surface area contributed by atoms with Crippen LogP contribution in [0.25, 0.3) is 16.9 Å². The van der Waals surface area contributed by atoms with Gasteiger partial charge in [-0.15, -0.1) is 0 Å². The second kappa shape index (κ2) is 9.80. The minimum atomic E-state index is -1.50. The number of benzene rings is 3. The molecular weight excluding hydrogens is 466 g/mol. The summed E-state index contributed by atoms with van der Waals surface area (Å²) in [4.78, 5) is 24.7. The van der Waals surface area contributed by atoms with E-state index in [0.717, 1.165) is 0 Å². The van der Waals surface area contributed by atoms with Gasteiger partial charge in [-0.3, -0.25) is 4.79 Å². The predicted molar refractivity (Wildman–Crippen MR) is 119 cm³/mol. The molecule has 0 bridgehead atoms. The smallest absolute Gasteiger partial charge is 0.358 e. The SMILES string of the molecule is CCOC(=O)c1cc(-c2cccc(NC(=O)c3cc(F)cc(F)c3F)c2)n(-c2ccccc2F)n1. The second-order valence-electron chi connectivity index (χ2n) is 7.28. The van der Waals surface area contributed by atoms with Gasteiger partial charge in [0, 0.05) is 17.3 Å². The minimum absolute atomic E-state index is 0.0600. The summed E-state index contributed by atoms with van der Waals surface area (Å²) in [6, 6.07) is 14.2. The van der Waals surface area contributed by atoms with Crippen molar-refractivity contribution in [2.45, 2.75) is 6.92 Å². The van der Waals surface area contributed by atoms with Crippen molar-refractivity contribution in [3.05, 3.63) is 101 Å². The summed E-state index contributed by atoms with van der Waals surface area (Å²) in [5.74, 6) is -6.48. The number of hydrogen-bond acceptors (Lipinski definition) is 4. The van der Waals surface area contributed by atoms with Gasteiger partial charge in [0.1, 0.15) is 17.3 Å². The number of anilines is 1. The zero-order valence-electron chi connectivity index (χ0n) is 18.2. The van der Waals surface area contributed by atoms with Crippen molar-refractivity contribution in [1.82, 2.24) is 9.78 Å². The summed E-state index contributed by atoms with van der Waals surface area (Å²) in [5.41, 5.74) is 0.0170. The Hall–Kier alpha value is -4.47. The minimum Gasteiger partial charge on any atom is -0.461 e. The lowest BCUT2D eigenvalue weighted by molar-refractivity contribution is 0.0518. The van der Waals surface area contributed by atoms with Crippen molar-refractivity contribution in [2.75, 3.05) is 11.9 Å². The molecule has 10 heteroatoms. The highest BCUT2D eigenvalue weighted by atomic mass is 19.2. The van der Waals surface area contributed by atoms with Crippen molar-refractivity contribution in [3.8, 4) is 16.9 Å². The van der Waals surface area contributed by atoms with Gasteiger partial charge in [0.2, 0.25) is 0 Å². The number of amides is 1. The number of carbonyl (C=O) groups is 2. The number of nitrogens with zero attached hydrogens (tertiary/aromatic N) is 2. The number of ether oxygens (including phenoxy) is 1. The fraction of sp³-hybridized carbons (Fsp3) is 0.0800. The summed E-state index contributed by atoms with van der Waals surface area (Å²) in [5, 5.41) is 6.56. The van der Waals surface area contributed by atoms with E-state index < -0.39 is 40.7 Å². The molecule has 0 spiro atoms. The van der Waals surface area contributed by atoms with Gasteiger partial charge in [-0.1, -0.05) is 24.3 Å². The molecule has 0 fully saturated rings. The fourth-order valence-electron chi connectivity index (χ4n) is 3.37. The first kappa shape index (κ1) is 23.7. The van der Waals surface area contributed by atoms with E-state index in [4.69, 9.17) is 4.74 Å². The summed E-state index contributed by atoms with van der Waals surface area (Å²) >= 11 is 0. The van der Waals surface area contributed by atoms with Crippen molar-refractivity contribution >= 4 is 17.6 Å². The van der Waals surface area contributed by atoms with Crippen LogP contribution in [0.15, 0.2) is 66.7 Å². The molecule has 1 amide bonds. The summed E-state index contributed by atoms with van der Waals surface area (Å²) < 4.78 is 61.8. The van der Waals surface area contributed by atoms with E-state index in [0.29, 0.717) is 17.7 Å². The zero-order valence-corrected chi connectivity index (χ0v) is 18.2. The first-order valence-electron chi connectivity index (χ1n) is 10.4. The van der Waals surface area contributed by atoms with Gasteiger partial charge < -0.3 is 10.1 Å². The van der Waals surface area contributed by atoms with Crippen LogP contribution in [-0.2, 0) is 4.74 Å². The highest BCUT2D eigenvalue weighted by molar-refractivity contribution is 6.04. The number of nitrogens with one attached hydrogen (secondary N) is 1. The van der Waals surface area contributed by atoms with Gasteiger partial charge >= 0.3 is 5.97 Å². The number of carbonyl (C=O) groups excluding carboxylic acids is 2. The van der Waals surface area contributed by atoms with E-state index in [-0.39, 0.29) is 29.4 Å². The third kappa shape index (κ3) is 4.91. The molecule has 1 heterocycles. The Kier molecular flexibility index (Phi) is 6.63. The van der Waals surface area contributed by atoms with Gasteiger partial charge in [-0.05, 0) is 43.3 Å². The van der Waals surface area contributed by atoms with E-state index >= 15 is 0 Å². The topological polar surface area (TPSA) is 73.2 Å². The second-order valence-corrected chi connectivity index (χ2v) is 7.28. The molecule has 0 radical (unpaired) electrons. The predicted octanol–water partition coefficient (Wildman–Crippen LogP) is 5.52. The molecule has 0 saturated carbocycles. The average Bonchev–Trinajstić information content (AvgIpc) is 3.27. The molecule has 0 atom stereocenters. The molecule has 0 saturated heterocycles. The van der Waals surface area contributed by atoms with Crippen LogP contribution in [-0.4, -0.2) is 28.3 Å². The van der Waals surface area contributed by atoms with E-state index in [1.165, 1.54) is 47.1 Å².